The van der Waals surface area contributed by atoms with Gasteiger partial charge in [0.15, 0.2) is 0 Å². The Balaban J connectivity index is 2.47. The van der Waals surface area contributed by atoms with Gasteiger partial charge in [-0.25, -0.2) is 4.79 Å². The van der Waals surface area contributed by atoms with Crippen molar-refractivity contribution in [2.45, 2.75) is 25.8 Å². The molecule has 0 spiro atoms. The summed E-state index contributed by atoms with van der Waals surface area (Å²) in [5.74, 6) is 0.649. The SMILES string of the molecule is CC1CC(CBr)CCN1C(=O)O. The maximum Gasteiger partial charge on any atom is 0.407 e. The summed E-state index contributed by atoms with van der Waals surface area (Å²) in [6, 6.07) is 0.179. The third-order valence-corrected chi connectivity index (χ3v) is 3.36. The standard InChI is InChI=1S/C8H14BrNO2/c1-6-4-7(5-9)2-3-10(6)8(11)12/h6-7H,2-5H2,1H3,(H,11,12). The lowest BCUT2D eigenvalue weighted by atomic mass is 9.94. The second-order valence-electron chi connectivity index (χ2n) is 3.37. The van der Waals surface area contributed by atoms with Gasteiger partial charge in [0, 0.05) is 17.9 Å². The number of hydrogen-bond acceptors (Lipinski definition) is 1. The molecule has 0 aromatic carbocycles. The van der Waals surface area contributed by atoms with Crippen molar-refractivity contribution in [1.29, 1.82) is 0 Å². The highest BCUT2D eigenvalue weighted by molar-refractivity contribution is 9.09. The fraction of sp³-hybridized carbons (Fsp3) is 0.875. The molecule has 0 aromatic rings. The lowest BCUT2D eigenvalue weighted by molar-refractivity contribution is 0.100. The topological polar surface area (TPSA) is 40.5 Å². The minimum absolute atomic E-state index is 0.179. The van der Waals surface area contributed by atoms with Crippen LogP contribution in [0.2, 0.25) is 0 Å². The Kier molecular flexibility index (Phi) is 3.38. The van der Waals surface area contributed by atoms with E-state index in [0.29, 0.717) is 12.5 Å². The van der Waals surface area contributed by atoms with Crippen molar-refractivity contribution in [2.75, 3.05) is 11.9 Å². The minimum atomic E-state index is -0.782. The number of carboxylic acid groups (broad SMARTS) is 1. The van der Waals surface area contributed by atoms with Crippen molar-refractivity contribution in [3.8, 4) is 0 Å². The summed E-state index contributed by atoms with van der Waals surface area (Å²) in [6.07, 6.45) is 1.19. The van der Waals surface area contributed by atoms with Crippen LogP contribution in [0.25, 0.3) is 0 Å². The van der Waals surface area contributed by atoms with Crippen LogP contribution in [0.4, 0.5) is 4.79 Å². The van der Waals surface area contributed by atoms with Crippen LogP contribution < -0.4 is 0 Å². The zero-order chi connectivity index (χ0) is 9.14. The number of piperidine rings is 1. The fourth-order valence-electron chi connectivity index (χ4n) is 1.69. The lowest BCUT2D eigenvalue weighted by Crippen LogP contribution is -2.44. The van der Waals surface area contributed by atoms with Crippen LogP contribution in [-0.2, 0) is 0 Å². The van der Waals surface area contributed by atoms with E-state index in [2.05, 4.69) is 15.9 Å². The molecule has 70 valence electrons. The van der Waals surface area contributed by atoms with E-state index in [9.17, 15) is 4.79 Å². The van der Waals surface area contributed by atoms with Crippen LogP contribution in [0.1, 0.15) is 19.8 Å². The molecular weight excluding hydrogens is 222 g/mol. The maximum absolute atomic E-state index is 10.7. The quantitative estimate of drug-likeness (QED) is 0.708. The maximum atomic E-state index is 10.7. The predicted octanol–water partition coefficient (Wildman–Crippen LogP) is 2.16. The summed E-state index contributed by atoms with van der Waals surface area (Å²) in [5.41, 5.74) is 0. The van der Waals surface area contributed by atoms with Gasteiger partial charge in [0.2, 0.25) is 0 Å². The molecular formula is C8H14BrNO2. The molecule has 1 fully saturated rings. The van der Waals surface area contributed by atoms with Gasteiger partial charge >= 0.3 is 6.09 Å². The van der Waals surface area contributed by atoms with E-state index in [1.54, 1.807) is 0 Å². The highest BCUT2D eigenvalue weighted by Crippen LogP contribution is 2.23. The van der Waals surface area contributed by atoms with Crippen molar-refractivity contribution < 1.29 is 9.90 Å². The van der Waals surface area contributed by atoms with Crippen molar-refractivity contribution >= 4 is 22.0 Å². The van der Waals surface area contributed by atoms with Gasteiger partial charge in [0.25, 0.3) is 0 Å². The smallest absolute Gasteiger partial charge is 0.407 e. The Morgan fingerprint density at radius 3 is 2.83 bits per heavy atom. The Labute approximate surface area is 80.9 Å². The third kappa shape index (κ3) is 2.12. The van der Waals surface area contributed by atoms with Crippen molar-refractivity contribution in [2.24, 2.45) is 5.92 Å². The average Bonchev–Trinajstić information content (AvgIpc) is 2.03. The number of amides is 1. The molecule has 1 aliphatic rings. The number of carbonyl (C=O) groups is 1. The Morgan fingerprint density at radius 1 is 1.75 bits per heavy atom. The first-order valence-corrected chi connectivity index (χ1v) is 5.32. The molecule has 0 bridgehead atoms. The van der Waals surface area contributed by atoms with E-state index in [-0.39, 0.29) is 6.04 Å². The van der Waals surface area contributed by atoms with Crippen LogP contribution in [0.5, 0.6) is 0 Å². The van der Waals surface area contributed by atoms with E-state index in [1.807, 2.05) is 6.92 Å². The van der Waals surface area contributed by atoms with Gasteiger partial charge in [0.05, 0.1) is 0 Å². The molecule has 3 nitrogen and oxygen atoms in total. The van der Waals surface area contributed by atoms with Gasteiger partial charge in [-0.3, -0.25) is 0 Å². The Hall–Kier alpha value is -0.250. The molecule has 0 saturated carbocycles. The van der Waals surface area contributed by atoms with E-state index >= 15 is 0 Å². The fourth-order valence-corrected chi connectivity index (χ4v) is 2.28. The molecule has 1 aliphatic heterocycles. The number of alkyl halides is 1. The predicted molar refractivity (Wildman–Crippen MR) is 50.7 cm³/mol. The molecule has 4 heteroatoms. The summed E-state index contributed by atoms with van der Waals surface area (Å²) in [5, 5.41) is 9.77. The van der Waals surface area contributed by atoms with Crippen LogP contribution in [0, 0.1) is 5.92 Å². The summed E-state index contributed by atoms with van der Waals surface area (Å²) < 4.78 is 0. The van der Waals surface area contributed by atoms with Crippen LogP contribution in [0.3, 0.4) is 0 Å². The monoisotopic (exact) mass is 235 g/mol. The zero-order valence-corrected chi connectivity index (χ0v) is 8.75. The first kappa shape index (κ1) is 9.84. The molecule has 1 heterocycles. The number of nitrogens with zero attached hydrogens (tertiary/aromatic N) is 1. The average molecular weight is 236 g/mol. The van der Waals surface area contributed by atoms with Gasteiger partial charge in [-0.2, -0.15) is 0 Å². The number of halogens is 1. The molecule has 0 radical (unpaired) electrons. The van der Waals surface area contributed by atoms with Gasteiger partial charge < -0.3 is 10.0 Å². The molecule has 12 heavy (non-hydrogen) atoms. The van der Waals surface area contributed by atoms with Gasteiger partial charge in [-0.05, 0) is 25.7 Å². The molecule has 2 unspecified atom stereocenters. The first-order chi connectivity index (χ1) is 5.65. The highest BCUT2D eigenvalue weighted by Gasteiger charge is 2.27. The molecule has 0 aromatic heterocycles. The van der Waals surface area contributed by atoms with Crippen LogP contribution >= 0.6 is 15.9 Å². The highest BCUT2D eigenvalue weighted by atomic mass is 79.9. The number of hydrogen-bond donors (Lipinski definition) is 1. The molecule has 1 saturated heterocycles. The summed E-state index contributed by atoms with van der Waals surface area (Å²) >= 11 is 3.43. The second kappa shape index (κ2) is 4.12. The van der Waals surface area contributed by atoms with Gasteiger partial charge in [0.1, 0.15) is 0 Å². The Morgan fingerprint density at radius 2 is 2.42 bits per heavy atom. The normalized spacial score (nSPS) is 30.3. The third-order valence-electron chi connectivity index (χ3n) is 2.45. The molecule has 2 atom stereocenters. The molecule has 0 aliphatic carbocycles. The lowest BCUT2D eigenvalue weighted by Gasteiger charge is -2.35. The number of likely N-dealkylation sites (tertiary alicyclic amines) is 1. The zero-order valence-electron chi connectivity index (χ0n) is 7.16. The minimum Gasteiger partial charge on any atom is -0.465 e. The largest absolute Gasteiger partial charge is 0.465 e. The van der Waals surface area contributed by atoms with Gasteiger partial charge in [-0.1, -0.05) is 15.9 Å². The van der Waals surface area contributed by atoms with Crippen LogP contribution in [-0.4, -0.2) is 34.0 Å². The first-order valence-electron chi connectivity index (χ1n) is 4.20. The second-order valence-corrected chi connectivity index (χ2v) is 4.02. The molecule has 1 N–H and O–H groups in total. The van der Waals surface area contributed by atoms with E-state index in [1.165, 1.54) is 4.90 Å². The summed E-state index contributed by atoms with van der Waals surface area (Å²) in [4.78, 5) is 12.2. The Bertz CT molecular complexity index is 174. The molecule has 1 rings (SSSR count). The summed E-state index contributed by atoms with van der Waals surface area (Å²) in [6.45, 7) is 2.66. The van der Waals surface area contributed by atoms with Crippen molar-refractivity contribution in [1.82, 2.24) is 4.90 Å². The van der Waals surface area contributed by atoms with Crippen molar-refractivity contribution in [3.63, 3.8) is 0 Å². The number of rotatable bonds is 1. The van der Waals surface area contributed by atoms with E-state index in [0.717, 1.165) is 18.2 Å². The summed E-state index contributed by atoms with van der Waals surface area (Å²) in [7, 11) is 0. The van der Waals surface area contributed by atoms with E-state index in [4.69, 9.17) is 5.11 Å². The van der Waals surface area contributed by atoms with E-state index < -0.39 is 6.09 Å². The molecule has 1 amide bonds. The van der Waals surface area contributed by atoms with Crippen LogP contribution in [0.15, 0.2) is 0 Å². The van der Waals surface area contributed by atoms with Gasteiger partial charge in [-0.15, -0.1) is 0 Å². The van der Waals surface area contributed by atoms with Crippen molar-refractivity contribution in [3.05, 3.63) is 0 Å².